The van der Waals surface area contributed by atoms with E-state index in [0.29, 0.717) is 19.6 Å². The number of amides is 1. The monoisotopic (exact) mass is 396 g/mol. The second-order valence-electron chi connectivity index (χ2n) is 8.22. The molecule has 0 spiro atoms. The van der Waals surface area contributed by atoms with Crippen LogP contribution in [0.15, 0.2) is 48.5 Å². The number of carbonyl (C=O) groups excluding carboxylic acids is 1. The predicted octanol–water partition coefficient (Wildman–Crippen LogP) is 2.19. The Kier molecular flexibility index (Phi) is 7.42. The molecule has 1 amide bonds. The van der Waals surface area contributed by atoms with E-state index in [1.807, 2.05) is 36.2 Å². The fraction of sp³-hybridized carbons (Fsp3) is 0.458. The molecule has 5 heteroatoms. The largest absolute Gasteiger partial charge is 0.396 e. The maximum atomic E-state index is 13.3. The Morgan fingerprint density at radius 3 is 2.45 bits per heavy atom. The van der Waals surface area contributed by atoms with Crippen molar-refractivity contribution < 1.29 is 15.0 Å². The first-order valence-electron chi connectivity index (χ1n) is 10.3. The second kappa shape index (κ2) is 10.0. The number of likely N-dealkylation sites (N-methyl/N-ethyl adjacent to an activating group) is 1. The number of hydrogen-bond donors (Lipinski definition) is 2. The number of carbonyl (C=O) groups is 1. The van der Waals surface area contributed by atoms with Crippen LogP contribution in [-0.2, 0) is 6.42 Å². The molecule has 29 heavy (non-hydrogen) atoms. The van der Waals surface area contributed by atoms with Crippen LogP contribution in [0.25, 0.3) is 0 Å². The average molecular weight is 397 g/mol. The van der Waals surface area contributed by atoms with E-state index < -0.39 is 0 Å². The van der Waals surface area contributed by atoms with Crippen LogP contribution in [0.5, 0.6) is 0 Å². The Labute approximate surface area is 173 Å². The van der Waals surface area contributed by atoms with Gasteiger partial charge in [-0.05, 0) is 43.5 Å². The molecule has 3 rings (SSSR count). The maximum absolute atomic E-state index is 13.3. The molecule has 0 saturated carbocycles. The van der Waals surface area contributed by atoms with Crippen molar-refractivity contribution >= 4 is 5.91 Å². The molecule has 1 aliphatic heterocycles. The molecule has 0 unspecified atom stereocenters. The van der Waals surface area contributed by atoms with Gasteiger partial charge >= 0.3 is 0 Å². The molecule has 2 atom stereocenters. The fourth-order valence-electron chi connectivity index (χ4n) is 4.16. The molecule has 0 aliphatic carbocycles. The van der Waals surface area contributed by atoms with Crippen LogP contribution in [0.2, 0.25) is 0 Å². The molecule has 1 saturated heterocycles. The first kappa shape index (κ1) is 21.5. The standard InChI is InChI=1S/C24H32N2O3/c1-18-7-9-19(10-8-18)13-20-5-3-4-6-23(20)24(29)26-15-21(22(16-26)17-28)14-25(2)11-12-27/h3-10,21-22,27-28H,11-17H2,1-2H3/t21-,22-/m1/s1. The summed E-state index contributed by atoms with van der Waals surface area (Å²) < 4.78 is 0. The number of aryl methyl sites for hydroxylation is 1. The lowest BCUT2D eigenvalue weighted by atomic mass is 9.96. The van der Waals surface area contributed by atoms with Crippen molar-refractivity contribution in [2.75, 3.05) is 46.4 Å². The number of aliphatic hydroxyl groups excluding tert-OH is 2. The van der Waals surface area contributed by atoms with Crippen LogP contribution in [0.3, 0.4) is 0 Å². The third kappa shape index (κ3) is 5.44. The Morgan fingerprint density at radius 1 is 1.07 bits per heavy atom. The number of likely N-dealkylation sites (tertiary alicyclic amines) is 1. The molecule has 2 N–H and O–H groups in total. The number of aliphatic hydroxyl groups is 2. The molecule has 0 aromatic heterocycles. The number of hydrogen-bond acceptors (Lipinski definition) is 4. The molecule has 1 fully saturated rings. The van der Waals surface area contributed by atoms with Crippen molar-refractivity contribution in [3.8, 4) is 0 Å². The lowest BCUT2D eigenvalue weighted by Crippen LogP contribution is -2.33. The Morgan fingerprint density at radius 2 is 1.76 bits per heavy atom. The molecule has 1 heterocycles. The summed E-state index contributed by atoms with van der Waals surface area (Å²) in [6, 6.07) is 16.2. The summed E-state index contributed by atoms with van der Waals surface area (Å²) in [5.41, 5.74) is 4.19. The molecular formula is C24H32N2O3. The molecule has 0 bridgehead atoms. The van der Waals surface area contributed by atoms with Gasteiger partial charge in [0.05, 0.1) is 6.61 Å². The lowest BCUT2D eigenvalue weighted by Gasteiger charge is -2.23. The van der Waals surface area contributed by atoms with Gasteiger partial charge < -0.3 is 20.0 Å². The minimum atomic E-state index is 0.0403. The van der Waals surface area contributed by atoms with Gasteiger partial charge in [-0.15, -0.1) is 0 Å². The van der Waals surface area contributed by atoms with Crippen molar-refractivity contribution in [2.45, 2.75) is 13.3 Å². The number of nitrogens with zero attached hydrogens (tertiary/aromatic N) is 2. The SMILES string of the molecule is Cc1ccc(Cc2ccccc2C(=O)N2C[C@@H](CN(C)CCO)[C@@H](CO)C2)cc1. The van der Waals surface area contributed by atoms with Crippen LogP contribution in [0, 0.1) is 18.8 Å². The maximum Gasteiger partial charge on any atom is 0.254 e. The van der Waals surface area contributed by atoms with E-state index >= 15 is 0 Å². The minimum absolute atomic E-state index is 0.0403. The summed E-state index contributed by atoms with van der Waals surface area (Å²) in [7, 11) is 1.96. The van der Waals surface area contributed by atoms with Crippen molar-refractivity contribution in [3.05, 3.63) is 70.8 Å². The van der Waals surface area contributed by atoms with Crippen molar-refractivity contribution in [3.63, 3.8) is 0 Å². The normalized spacial score (nSPS) is 19.1. The van der Waals surface area contributed by atoms with E-state index in [1.54, 1.807) is 0 Å². The Balaban J connectivity index is 1.74. The Bertz CT molecular complexity index is 806. The summed E-state index contributed by atoms with van der Waals surface area (Å²) in [5, 5.41) is 18.9. The number of rotatable bonds is 8. The second-order valence-corrected chi connectivity index (χ2v) is 8.22. The third-order valence-electron chi connectivity index (χ3n) is 5.89. The van der Waals surface area contributed by atoms with Gasteiger partial charge in [-0.1, -0.05) is 48.0 Å². The highest BCUT2D eigenvalue weighted by molar-refractivity contribution is 5.96. The summed E-state index contributed by atoms with van der Waals surface area (Å²) in [6.45, 7) is 4.84. The quantitative estimate of drug-likeness (QED) is 0.718. The summed E-state index contributed by atoms with van der Waals surface area (Å²) in [6.07, 6.45) is 0.724. The Hall–Kier alpha value is -2.21. The van der Waals surface area contributed by atoms with Crippen molar-refractivity contribution in [1.82, 2.24) is 9.80 Å². The smallest absolute Gasteiger partial charge is 0.254 e. The van der Waals surface area contributed by atoms with E-state index in [-0.39, 0.29) is 31.0 Å². The molecule has 0 radical (unpaired) electrons. The van der Waals surface area contributed by atoms with Gasteiger partial charge in [0.1, 0.15) is 0 Å². The summed E-state index contributed by atoms with van der Waals surface area (Å²) in [4.78, 5) is 17.3. The first-order valence-corrected chi connectivity index (χ1v) is 10.3. The average Bonchev–Trinajstić information content (AvgIpc) is 3.12. The minimum Gasteiger partial charge on any atom is -0.396 e. The van der Waals surface area contributed by atoms with Crippen molar-refractivity contribution in [1.29, 1.82) is 0 Å². The lowest BCUT2D eigenvalue weighted by molar-refractivity contribution is 0.0778. The number of benzene rings is 2. The zero-order valence-electron chi connectivity index (χ0n) is 17.4. The molecule has 2 aromatic carbocycles. The van der Waals surface area contributed by atoms with Crippen LogP contribution in [0.4, 0.5) is 0 Å². The van der Waals surface area contributed by atoms with Crippen LogP contribution < -0.4 is 0 Å². The molecule has 1 aliphatic rings. The van der Waals surface area contributed by atoms with Crippen LogP contribution >= 0.6 is 0 Å². The van der Waals surface area contributed by atoms with Gasteiger partial charge in [0.25, 0.3) is 5.91 Å². The van der Waals surface area contributed by atoms with Gasteiger partial charge in [-0.25, -0.2) is 0 Å². The van der Waals surface area contributed by atoms with Gasteiger partial charge in [0.15, 0.2) is 0 Å². The molecular weight excluding hydrogens is 364 g/mol. The van der Waals surface area contributed by atoms with E-state index in [9.17, 15) is 9.90 Å². The molecule has 156 valence electrons. The molecule has 5 nitrogen and oxygen atoms in total. The van der Waals surface area contributed by atoms with Gasteiger partial charge in [-0.3, -0.25) is 4.79 Å². The highest BCUT2D eigenvalue weighted by atomic mass is 16.3. The van der Waals surface area contributed by atoms with Crippen LogP contribution in [-0.4, -0.2) is 72.4 Å². The highest BCUT2D eigenvalue weighted by Gasteiger charge is 2.36. The topological polar surface area (TPSA) is 64.0 Å². The van der Waals surface area contributed by atoms with E-state index in [0.717, 1.165) is 24.1 Å². The van der Waals surface area contributed by atoms with E-state index in [2.05, 4.69) is 36.1 Å². The third-order valence-corrected chi connectivity index (χ3v) is 5.89. The summed E-state index contributed by atoms with van der Waals surface area (Å²) >= 11 is 0. The van der Waals surface area contributed by atoms with Gasteiger partial charge in [0.2, 0.25) is 0 Å². The predicted molar refractivity (Wildman–Crippen MR) is 115 cm³/mol. The van der Waals surface area contributed by atoms with E-state index in [4.69, 9.17) is 5.11 Å². The van der Waals surface area contributed by atoms with Crippen molar-refractivity contribution in [2.24, 2.45) is 11.8 Å². The van der Waals surface area contributed by atoms with Crippen LogP contribution in [0.1, 0.15) is 27.0 Å². The zero-order valence-corrected chi connectivity index (χ0v) is 17.4. The molecule has 2 aromatic rings. The summed E-state index contributed by atoms with van der Waals surface area (Å²) in [5.74, 6) is 0.326. The van der Waals surface area contributed by atoms with Gasteiger partial charge in [-0.2, -0.15) is 0 Å². The highest BCUT2D eigenvalue weighted by Crippen LogP contribution is 2.27. The van der Waals surface area contributed by atoms with E-state index in [1.165, 1.54) is 11.1 Å². The first-order chi connectivity index (χ1) is 14.0. The fourth-order valence-corrected chi connectivity index (χ4v) is 4.16. The zero-order chi connectivity index (χ0) is 20.8. The van der Waals surface area contributed by atoms with Gasteiger partial charge in [0, 0.05) is 44.3 Å².